The first kappa shape index (κ1) is 17.5. The van der Waals surface area contributed by atoms with Gasteiger partial charge in [-0.05, 0) is 61.4 Å². The molecule has 4 heteroatoms. The first-order valence-electron chi connectivity index (χ1n) is 9.37. The number of esters is 1. The zero-order valence-electron chi connectivity index (χ0n) is 15.4. The Balaban J connectivity index is 1.38. The summed E-state index contributed by atoms with van der Waals surface area (Å²) in [6.07, 6.45) is 6.14. The van der Waals surface area contributed by atoms with Crippen LogP contribution in [0, 0.1) is 6.92 Å². The molecule has 0 fully saturated rings. The number of aryl methyl sites for hydroxylation is 3. The fourth-order valence-corrected chi connectivity index (χ4v) is 3.67. The molecule has 0 atom stereocenters. The largest absolute Gasteiger partial charge is 0.464 e. The minimum atomic E-state index is -0.426. The van der Waals surface area contributed by atoms with Crippen molar-refractivity contribution in [1.82, 2.24) is 0 Å². The van der Waals surface area contributed by atoms with Gasteiger partial charge in [0.25, 0.3) is 0 Å². The summed E-state index contributed by atoms with van der Waals surface area (Å²) in [5.74, 6) is -0.589. The van der Waals surface area contributed by atoms with Gasteiger partial charge in [-0.25, -0.2) is 0 Å². The molecule has 2 aromatic carbocycles. The number of furan rings is 1. The molecule has 138 valence electrons. The van der Waals surface area contributed by atoms with E-state index in [0.29, 0.717) is 5.56 Å². The Hall–Kier alpha value is -2.88. The third-order valence-corrected chi connectivity index (χ3v) is 5.18. The molecule has 0 unspecified atom stereocenters. The predicted octanol–water partition coefficient (Wildman–Crippen LogP) is 4.59. The number of carbonyl (C=O) groups is 2. The maximum atomic E-state index is 12.4. The van der Waals surface area contributed by atoms with Gasteiger partial charge in [0.15, 0.2) is 12.4 Å². The highest BCUT2D eigenvalue weighted by Crippen LogP contribution is 2.24. The van der Waals surface area contributed by atoms with Crippen LogP contribution in [0.25, 0.3) is 11.0 Å². The van der Waals surface area contributed by atoms with E-state index in [1.807, 2.05) is 43.3 Å². The molecule has 0 spiro atoms. The Labute approximate surface area is 158 Å². The van der Waals surface area contributed by atoms with Crippen LogP contribution in [0.4, 0.5) is 0 Å². The second kappa shape index (κ2) is 7.39. The first-order valence-corrected chi connectivity index (χ1v) is 9.37. The molecule has 3 aromatic rings. The van der Waals surface area contributed by atoms with E-state index >= 15 is 0 Å². The first-order chi connectivity index (χ1) is 13.1. The molecule has 4 rings (SSSR count). The molecular formula is C23H22O4. The lowest BCUT2D eigenvalue weighted by Crippen LogP contribution is -2.16. The Morgan fingerprint density at radius 2 is 1.85 bits per heavy atom. The van der Waals surface area contributed by atoms with Crippen LogP contribution < -0.4 is 0 Å². The molecule has 0 N–H and O–H groups in total. The number of hydrogen-bond donors (Lipinski definition) is 0. The Morgan fingerprint density at radius 1 is 1.04 bits per heavy atom. The van der Waals surface area contributed by atoms with Gasteiger partial charge in [0, 0.05) is 16.5 Å². The van der Waals surface area contributed by atoms with Crippen LogP contribution in [0.15, 0.2) is 47.1 Å². The van der Waals surface area contributed by atoms with E-state index in [4.69, 9.17) is 9.15 Å². The van der Waals surface area contributed by atoms with E-state index in [1.165, 1.54) is 17.5 Å². The molecule has 1 aliphatic rings. The third-order valence-electron chi connectivity index (χ3n) is 5.18. The van der Waals surface area contributed by atoms with Gasteiger partial charge < -0.3 is 9.15 Å². The van der Waals surface area contributed by atoms with E-state index in [-0.39, 0.29) is 18.8 Å². The zero-order chi connectivity index (χ0) is 18.8. The van der Waals surface area contributed by atoms with Crippen LogP contribution in [0.2, 0.25) is 0 Å². The van der Waals surface area contributed by atoms with Crippen LogP contribution in [-0.2, 0) is 28.8 Å². The lowest BCUT2D eigenvalue weighted by atomic mass is 9.90. The summed E-state index contributed by atoms with van der Waals surface area (Å²) in [4.78, 5) is 24.6. The number of rotatable bonds is 5. The average Bonchev–Trinajstić information content (AvgIpc) is 3.07. The highest BCUT2D eigenvalue weighted by molar-refractivity contribution is 5.98. The van der Waals surface area contributed by atoms with Gasteiger partial charge in [0.1, 0.15) is 5.58 Å². The molecule has 0 saturated heterocycles. The topological polar surface area (TPSA) is 56.5 Å². The number of ether oxygens (including phenoxy) is 1. The van der Waals surface area contributed by atoms with E-state index in [1.54, 1.807) is 6.26 Å². The second-order valence-corrected chi connectivity index (χ2v) is 7.21. The number of Topliss-reactive ketones (excluding diaryl/α,β-unsaturated/α-hetero) is 1. The summed E-state index contributed by atoms with van der Waals surface area (Å²) < 4.78 is 10.7. The van der Waals surface area contributed by atoms with Crippen molar-refractivity contribution < 1.29 is 18.7 Å². The van der Waals surface area contributed by atoms with Crippen molar-refractivity contribution in [3.63, 3.8) is 0 Å². The number of benzene rings is 2. The van der Waals surface area contributed by atoms with Gasteiger partial charge in [-0.15, -0.1) is 0 Å². The normalized spacial score (nSPS) is 13.4. The van der Waals surface area contributed by atoms with E-state index in [9.17, 15) is 9.59 Å². The summed E-state index contributed by atoms with van der Waals surface area (Å²) in [6, 6.07) is 11.7. The summed E-state index contributed by atoms with van der Waals surface area (Å²) >= 11 is 0. The Morgan fingerprint density at radius 3 is 2.70 bits per heavy atom. The van der Waals surface area contributed by atoms with Crippen LogP contribution >= 0.6 is 0 Å². The summed E-state index contributed by atoms with van der Waals surface area (Å²) in [5, 5.41) is 0.901. The van der Waals surface area contributed by atoms with Gasteiger partial charge in [0.05, 0.1) is 12.7 Å². The molecule has 1 aromatic heterocycles. The molecule has 0 saturated carbocycles. The van der Waals surface area contributed by atoms with Gasteiger partial charge in [-0.1, -0.05) is 24.3 Å². The molecule has 0 bridgehead atoms. The van der Waals surface area contributed by atoms with Gasteiger partial charge >= 0.3 is 5.97 Å². The van der Waals surface area contributed by atoms with Crippen LogP contribution in [0.5, 0.6) is 0 Å². The molecule has 27 heavy (non-hydrogen) atoms. The molecule has 0 amide bonds. The van der Waals surface area contributed by atoms with E-state index < -0.39 is 5.97 Å². The van der Waals surface area contributed by atoms with Crippen molar-refractivity contribution in [3.05, 3.63) is 70.5 Å². The lowest BCUT2D eigenvalue weighted by molar-refractivity contribution is -0.141. The van der Waals surface area contributed by atoms with Crippen molar-refractivity contribution in [2.75, 3.05) is 6.61 Å². The van der Waals surface area contributed by atoms with Gasteiger partial charge in [-0.2, -0.15) is 0 Å². The number of hydrogen-bond acceptors (Lipinski definition) is 4. The molecule has 1 heterocycles. The standard InChI is InChI=1S/C23H22O4/c1-15-6-9-20-19(13-26-22(20)10-15)12-23(25)27-14-21(24)18-8-7-16-4-2-3-5-17(16)11-18/h6-11,13H,2-5,12,14H2,1H3. The number of carbonyl (C=O) groups excluding carboxylic acids is 2. The molecule has 0 aliphatic heterocycles. The smallest absolute Gasteiger partial charge is 0.310 e. The monoisotopic (exact) mass is 362 g/mol. The van der Waals surface area contributed by atoms with Crippen molar-refractivity contribution in [2.45, 2.75) is 39.0 Å². The van der Waals surface area contributed by atoms with E-state index in [2.05, 4.69) is 0 Å². The number of fused-ring (bicyclic) bond motifs is 2. The minimum absolute atomic E-state index is 0.0908. The highest BCUT2D eigenvalue weighted by atomic mass is 16.5. The molecule has 1 aliphatic carbocycles. The quantitative estimate of drug-likeness (QED) is 0.492. The van der Waals surface area contributed by atoms with Crippen LogP contribution in [0.3, 0.4) is 0 Å². The zero-order valence-corrected chi connectivity index (χ0v) is 15.4. The third kappa shape index (κ3) is 3.80. The Kier molecular flexibility index (Phi) is 4.80. The number of ketones is 1. The Bertz CT molecular complexity index is 1010. The van der Waals surface area contributed by atoms with Gasteiger partial charge in [-0.3, -0.25) is 9.59 Å². The SMILES string of the molecule is Cc1ccc2c(CC(=O)OCC(=O)c3ccc4c(c3)CCCC4)coc2c1. The summed E-state index contributed by atoms with van der Waals surface area (Å²) in [5.41, 5.74) is 5.82. The molecule has 0 radical (unpaired) electrons. The maximum Gasteiger partial charge on any atom is 0.310 e. The predicted molar refractivity (Wildman–Crippen MR) is 103 cm³/mol. The fourth-order valence-electron chi connectivity index (χ4n) is 3.67. The minimum Gasteiger partial charge on any atom is -0.464 e. The molecular weight excluding hydrogens is 340 g/mol. The average molecular weight is 362 g/mol. The summed E-state index contributed by atoms with van der Waals surface area (Å²) in [6.45, 7) is 1.76. The van der Waals surface area contributed by atoms with Crippen molar-refractivity contribution >= 4 is 22.7 Å². The summed E-state index contributed by atoms with van der Waals surface area (Å²) in [7, 11) is 0. The van der Waals surface area contributed by atoms with Crippen molar-refractivity contribution in [3.8, 4) is 0 Å². The maximum absolute atomic E-state index is 12.4. The molecule has 4 nitrogen and oxygen atoms in total. The van der Waals surface area contributed by atoms with Crippen molar-refractivity contribution in [1.29, 1.82) is 0 Å². The van der Waals surface area contributed by atoms with Crippen LogP contribution in [0.1, 0.15) is 45.5 Å². The fraction of sp³-hybridized carbons (Fsp3) is 0.304. The van der Waals surface area contributed by atoms with Crippen LogP contribution in [-0.4, -0.2) is 18.4 Å². The van der Waals surface area contributed by atoms with Crippen molar-refractivity contribution in [2.24, 2.45) is 0 Å². The lowest BCUT2D eigenvalue weighted by Gasteiger charge is -2.16. The van der Waals surface area contributed by atoms with E-state index in [0.717, 1.165) is 41.4 Å². The second-order valence-electron chi connectivity index (χ2n) is 7.21. The highest BCUT2D eigenvalue weighted by Gasteiger charge is 2.16. The van der Waals surface area contributed by atoms with Gasteiger partial charge in [0.2, 0.25) is 0 Å².